The van der Waals surface area contributed by atoms with Crippen molar-refractivity contribution in [2.75, 3.05) is 0 Å². The number of rotatable bonds is 5. The normalized spacial score (nSPS) is 11.0. The van der Waals surface area contributed by atoms with Crippen LogP contribution in [0.15, 0.2) is 91.0 Å². The molecular formula is C21H20O2Si. The maximum atomic E-state index is 13.1. The average Bonchev–Trinajstić information content (AvgIpc) is 2.67. The second-order valence-corrected chi connectivity index (χ2v) is 9.73. The summed E-state index contributed by atoms with van der Waals surface area (Å²) >= 11 is 0. The Bertz CT molecular complexity index is 746. The molecule has 0 atom stereocenters. The third kappa shape index (κ3) is 3.31. The smallest absolute Gasteiger partial charge is 0.282 e. The van der Waals surface area contributed by atoms with Crippen molar-refractivity contribution in [2.24, 2.45) is 0 Å². The van der Waals surface area contributed by atoms with Gasteiger partial charge in [0.05, 0.1) is 0 Å². The fourth-order valence-electron chi connectivity index (χ4n) is 2.81. The molecule has 0 aliphatic rings. The zero-order valence-electron chi connectivity index (χ0n) is 13.7. The van der Waals surface area contributed by atoms with Crippen molar-refractivity contribution in [3.63, 3.8) is 0 Å². The van der Waals surface area contributed by atoms with Crippen LogP contribution >= 0.6 is 0 Å². The van der Waals surface area contributed by atoms with E-state index in [9.17, 15) is 4.79 Å². The topological polar surface area (TPSA) is 26.3 Å². The monoisotopic (exact) mass is 332 g/mol. The van der Waals surface area contributed by atoms with E-state index in [2.05, 4.69) is 6.55 Å². The first-order valence-electron chi connectivity index (χ1n) is 8.03. The number of ether oxygens (including phenoxy) is 1. The van der Waals surface area contributed by atoms with Gasteiger partial charge >= 0.3 is 0 Å². The van der Waals surface area contributed by atoms with Gasteiger partial charge in [0.1, 0.15) is 6.61 Å². The Labute approximate surface area is 143 Å². The second kappa shape index (κ2) is 7.28. The van der Waals surface area contributed by atoms with Gasteiger partial charge in [-0.05, 0) is 15.9 Å². The molecule has 3 heteroatoms. The summed E-state index contributed by atoms with van der Waals surface area (Å²) in [7, 11) is -2.62. The van der Waals surface area contributed by atoms with E-state index in [1.807, 2.05) is 91.0 Å². The summed E-state index contributed by atoms with van der Waals surface area (Å²) in [6, 6.07) is 29.8. The summed E-state index contributed by atoms with van der Waals surface area (Å²) in [6.45, 7) is 2.37. The maximum Gasteiger partial charge on any atom is 0.282 e. The number of hydrogen-bond acceptors (Lipinski definition) is 2. The molecule has 0 heterocycles. The Morgan fingerprint density at radius 2 is 1.17 bits per heavy atom. The van der Waals surface area contributed by atoms with Crippen LogP contribution in [0.4, 0.5) is 4.79 Å². The fourth-order valence-corrected chi connectivity index (χ4v) is 5.70. The van der Waals surface area contributed by atoms with Gasteiger partial charge in [0.25, 0.3) is 5.59 Å². The van der Waals surface area contributed by atoms with E-state index in [0.717, 1.165) is 15.9 Å². The summed E-state index contributed by atoms with van der Waals surface area (Å²) in [6.07, 6.45) is 0. The summed E-state index contributed by atoms with van der Waals surface area (Å²) < 4.78 is 5.72. The molecule has 120 valence electrons. The molecule has 0 aliphatic carbocycles. The van der Waals surface area contributed by atoms with Gasteiger partial charge in [-0.15, -0.1) is 0 Å². The lowest BCUT2D eigenvalue weighted by atomic mass is 10.2. The molecule has 0 bridgehead atoms. The first-order chi connectivity index (χ1) is 11.7. The highest BCUT2D eigenvalue weighted by molar-refractivity contribution is 7.21. The third-order valence-electron chi connectivity index (χ3n) is 4.32. The van der Waals surface area contributed by atoms with Crippen LogP contribution in [0.25, 0.3) is 0 Å². The summed E-state index contributed by atoms with van der Waals surface area (Å²) in [4.78, 5) is 13.1. The van der Waals surface area contributed by atoms with Gasteiger partial charge in [-0.1, -0.05) is 97.5 Å². The van der Waals surface area contributed by atoms with E-state index >= 15 is 0 Å². The first-order valence-corrected chi connectivity index (χ1v) is 10.5. The Morgan fingerprint density at radius 3 is 1.62 bits per heavy atom. The lowest BCUT2D eigenvalue weighted by Crippen LogP contribution is -2.62. The van der Waals surface area contributed by atoms with Crippen molar-refractivity contribution < 1.29 is 9.53 Å². The molecule has 0 N–H and O–H groups in total. The van der Waals surface area contributed by atoms with E-state index in [-0.39, 0.29) is 5.59 Å². The van der Waals surface area contributed by atoms with E-state index in [1.54, 1.807) is 0 Å². The molecule has 2 nitrogen and oxygen atoms in total. The van der Waals surface area contributed by atoms with Crippen LogP contribution in [0.5, 0.6) is 0 Å². The maximum absolute atomic E-state index is 13.1. The molecule has 24 heavy (non-hydrogen) atoms. The molecule has 0 aromatic heterocycles. The van der Waals surface area contributed by atoms with Crippen LogP contribution in [-0.4, -0.2) is 13.7 Å². The quantitative estimate of drug-likeness (QED) is 0.664. The number of hydrogen-bond donors (Lipinski definition) is 0. The minimum absolute atomic E-state index is 0.108. The van der Waals surface area contributed by atoms with Gasteiger partial charge in [0.2, 0.25) is 8.07 Å². The Hall–Kier alpha value is -2.65. The SMILES string of the molecule is C[Si](C(=O)OCc1ccccc1)(c1ccccc1)c1ccccc1. The highest BCUT2D eigenvalue weighted by Crippen LogP contribution is 2.11. The Balaban J connectivity index is 1.92. The molecule has 0 saturated carbocycles. The fraction of sp³-hybridized carbons (Fsp3) is 0.0952. The van der Waals surface area contributed by atoms with Crippen LogP contribution in [0.3, 0.4) is 0 Å². The van der Waals surface area contributed by atoms with E-state index in [1.165, 1.54) is 0 Å². The first kappa shape index (κ1) is 16.2. The molecule has 0 saturated heterocycles. The molecule has 0 spiro atoms. The van der Waals surface area contributed by atoms with Crippen LogP contribution < -0.4 is 10.4 Å². The van der Waals surface area contributed by atoms with E-state index in [0.29, 0.717) is 6.61 Å². The molecule has 0 aliphatic heterocycles. The van der Waals surface area contributed by atoms with Gasteiger partial charge in [-0.3, -0.25) is 4.79 Å². The van der Waals surface area contributed by atoms with Crippen molar-refractivity contribution in [1.82, 2.24) is 0 Å². The van der Waals surface area contributed by atoms with E-state index < -0.39 is 8.07 Å². The molecule has 0 radical (unpaired) electrons. The number of carbonyl (C=O) groups is 1. The van der Waals surface area contributed by atoms with Crippen molar-refractivity contribution >= 4 is 24.0 Å². The lowest BCUT2D eigenvalue weighted by molar-refractivity contribution is 0.165. The molecule has 0 fully saturated rings. The molecule has 3 aromatic rings. The summed E-state index contributed by atoms with van der Waals surface area (Å²) in [5.74, 6) is 0. The van der Waals surface area contributed by atoms with Gasteiger partial charge < -0.3 is 4.74 Å². The van der Waals surface area contributed by atoms with Crippen LogP contribution in [0.2, 0.25) is 6.55 Å². The predicted molar refractivity (Wildman–Crippen MR) is 100 cm³/mol. The molecule has 0 amide bonds. The van der Waals surface area contributed by atoms with Crippen LogP contribution in [-0.2, 0) is 11.3 Å². The zero-order valence-corrected chi connectivity index (χ0v) is 14.7. The minimum atomic E-state index is -2.62. The van der Waals surface area contributed by atoms with Crippen molar-refractivity contribution in [2.45, 2.75) is 13.2 Å². The molecule has 0 unspecified atom stereocenters. The van der Waals surface area contributed by atoms with Crippen LogP contribution in [0.1, 0.15) is 5.56 Å². The standard InChI is InChI=1S/C21H20O2Si/c1-24(19-13-7-3-8-14-19,20-15-9-4-10-16-20)21(22)23-17-18-11-5-2-6-12-18/h2-16H,17H2,1H3. The summed E-state index contributed by atoms with van der Waals surface area (Å²) in [5, 5.41) is 2.13. The Kier molecular flexibility index (Phi) is 4.92. The van der Waals surface area contributed by atoms with E-state index in [4.69, 9.17) is 4.74 Å². The average molecular weight is 332 g/mol. The largest absolute Gasteiger partial charge is 0.465 e. The van der Waals surface area contributed by atoms with Gasteiger partial charge in [0.15, 0.2) is 0 Å². The Morgan fingerprint density at radius 1 is 0.750 bits per heavy atom. The van der Waals surface area contributed by atoms with Crippen molar-refractivity contribution in [3.8, 4) is 0 Å². The second-order valence-electron chi connectivity index (χ2n) is 5.92. The van der Waals surface area contributed by atoms with Gasteiger partial charge in [-0.25, -0.2) is 0 Å². The molecule has 3 aromatic carbocycles. The van der Waals surface area contributed by atoms with Crippen molar-refractivity contribution in [3.05, 3.63) is 96.6 Å². The predicted octanol–water partition coefficient (Wildman–Crippen LogP) is 3.80. The highest BCUT2D eigenvalue weighted by atomic mass is 28.3. The lowest BCUT2D eigenvalue weighted by Gasteiger charge is -2.26. The van der Waals surface area contributed by atoms with Crippen LogP contribution in [0, 0.1) is 0 Å². The highest BCUT2D eigenvalue weighted by Gasteiger charge is 2.42. The molecular weight excluding hydrogens is 312 g/mol. The number of benzene rings is 3. The third-order valence-corrected chi connectivity index (χ3v) is 8.26. The molecule has 3 rings (SSSR count). The zero-order chi connectivity index (χ0) is 16.8. The minimum Gasteiger partial charge on any atom is -0.465 e. The van der Waals surface area contributed by atoms with Gasteiger partial charge in [0, 0.05) is 0 Å². The number of carbonyl (C=O) groups excluding carboxylic acids is 1. The van der Waals surface area contributed by atoms with Gasteiger partial charge in [-0.2, -0.15) is 0 Å². The van der Waals surface area contributed by atoms with Crippen molar-refractivity contribution in [1.29, 1.82) is 0 Å². The summed E-state index contributed by atoms with van der Waals surface area (Å²) in [5.41, 5.74) is 0.895.